The van der Waals surface area contributed by atoms with E-state index in [-0.39, 0.29) is 19.0 Å². The van der Waals surface area contributed by atoms with Crippen molar-refractivity contribution in [1.82, 2.24) is 10.1 Å². The SMILES string of the molecule is Cc1ccc(-c2noc(CCC(=O)OCc3cccc(Cl)c3)n2)cc1. The third kappa shape index (κ3) is 4.90. The van der Waals surface area contributed by atoms with Gasteiger partial charge in [0.1, 0.15) is 6.61 Å². The summed E-state index contributed by atoms with van der Waals surface area (Å²) in [5, 5.41) is 4.56. The normalized spacial score (nSPS) is 10.6. The number of hydrogen-bond donors (Lipinski definition) is 0. The average molecular weight is 357 g/mol. The molecule has 0 bridgehead atoms. The maximum atomic E-state index is 11.8. The first-order valence-electron chi connectivity index (χ1n) is 7.90. The van der Waals surface area contributed by atoms with Crippen molar-refractivity contribution in [3.05, 3.63) is 70.6 Å². The third-order valence-electron chi connectivity index (χ3n) is 3.61. The van der Waals surface area contributed by atoms with Crippen LogP contribution in [-0.2, 0) is 22.6 Å². The van der Waals surface area contributed by atoms with Crippen LogP contribution in [-0.4, -0.2) is 16.1 Å². The lowest BCUT2D eigenvalue weighted by Gasteiger charge is -2.04. The Hall–Kier alpha value is -2.66. The lowest BCUT2D eigenvalue weighted by Crippen LogP contribution is -2.06. The maximum absolute atomic E-state index is 11.8. The van der Waals surface area contributed by atoms with Gasteiger partial charge >= 0.3 is 5.97 Å². The summed E-state index contributed by atoms with van der Waals surface area (Å²) in [4.78, 5) is 16.2. The van der Waals surface area contributed by atoms with Crippen LogP contribution in [0.4, 0.5) is 0 Å². The summed E-state index contributed by atoms with van der Waals surface area (Å²) in [5.41, 5.74) is 2.89. The largest absolute Gasteiger partial charge is 0.461 e. The zero-order valence-electron chi connectivity index (χ0n) is 13.7. The third-order valence-corrected chi connectivity index (χ3v) is 3.84. The minimum Gasteiger partial charge on any atom is -0.461 e. The zero-order valence-corrected chi connectivity index (χ0v) is 14.5. The molecular weight excluding hydrogens is 340 g/mol. The van der Waals surface area contributed by atoms with Gasteiger partial charge in [0.05, 0.1) is 6.42 Å². The van der Waals surface area contributed by atoms with Crippen molar-refractivity contribution in [2.75, 3.05) is 0 Å². The standard InChI is InChI=1S/C19H17ClN2O3/c1-13-5-7-15(8-6-13)19-21-17(25-22-19)9-10-18(23)24-12-14-3-2-4-16(20)11-14/h2-8,11H,9-10,12H2,1H3. The molecule has 0 fully saturated rings. The first-order chi connectivity index (χ1) is 12.1. The molecule has 2 aromatic carbocycles. The van der Waals surface area contributed by atoms with E-state index in [1.54, 1.807) is 12.1 Å². The van der Waals surface area contributed by atoms with Crippen LogP contribution >= 0.6 is 11.6 Å². The average Bonchev–Trinajstić information content (AvgIpc) is 3.08. The molecular formula is C19H17ClN2O3. The van der Waals surface area contributed by atoms with Gasteiger partial charge in [0.15, 0.2) is 0 Å². The topological polar surface area (TPSA) is 65.2 Å². The predicted octanol–water partition coefficient (Wildman–Crippen LogP) is 4.37. The fourth-order valence-electron chi connectivity index (χ4n) is 2.25. The molecule has 0 amide bonds. The first-order valence-corrected chi connectivity index (χ1v) is 8.27. The van der Waals surface area contributed by atoms with Crippen molar-refractivity contribution in [1.29, 1.82) is 0 Å². The van der Waals surface area contributed by atoms with E-state index in [9.17, 15) is 4.79 Å². The van der Waals surface area contributed by atoms with Gasteiger partial charge in [-0.05, 0) is 24.6 Å². The Morgan fingerprint density at radius 3 is 2.76 bits per heavy atom. The van der Waals surface area contributed by atoms with Crippen molar-refractivity contribution in [2.24, 2.45) is 0 Å². The minimum atomic E-state index is -0.324. The Kier molecular flexibility index (Phi) is 5.46. The maximum Gasteiger partial charge on any atom is 0.306 e. The van der Waals surface area contributed by atoms with Crippen LogP contribution in [0, 0.1) is 6.92 Å². The summed E-state index contributed by atoms with van der Waals surface area (Å²) in [6.07, 6.45) is 0.517. The van der Waals surface area contributed by atoms with Crippen LogP contribution in [0.2, 0.25) is 5.02 Å². The van der Waals surface area contributed by atoms with E-state index < -0.39 is 0 Å². The zero-order chi connectivity index (χ0) is 17.6. The molecule has 3 aromatic rings. The molecule has 3 rings (SSSR count). The van der Waals surface area contributed by atoms with E-state index in [2.05, 4.69) is 10.1 Å². The molecule has 0 spiro atoms. The molecule has 0 radical (unpaired) electrons. The van der Waals surface area contributed by atoms with Gasteiger partial charge in [0.2, 0.25) is 11.7 Å². The summed E-state index contributed by atoms with van der Waals surface area (Å²) in [6, 6.07) is 15.0. The van der Waals surface area contributed by atoms with Gasteiger partial charge in [0, 0.05) is 17.0 Å². The van der Waals surface area contributed by atoms with E-state index in [0.717, 1.165) is 16.7 Å². The highest BCUT2D eigenvalue weighted by atomic mass is 35.5. The van der Waals surface area contributed by atoms with Gasteiger partial charge in [-0.2, -0.15) is 4.98 Å². The molecule has 0 saturated carbocycles. The predicted molar refractivity (Wildman–Crippen MR) is 94.0 cm³/mol. The van der Waals surface area contributed by atoms with Crippen LogP contribution in [0.15, 0.2) is 53.1 Å². The molecule has 25 heavy (non-hydrogen) atoms. The summed E-state index contributed by atoms with van der Waals surface area (Å²) in [6.45, 7) is 2.21. The number of rotatable bonds is 6. The Morgan fingerprint density at radius 2 is 2.00 bits per heavy atom. The van der Waals surface area contributed by atoms with Crippen LogP contribution in [0.1, 0.15) is 23.4 Å². The first kappa shape index (κ1) is 17.2. The molecule has 0 atom stereocenters. The lowest BCUT2D eigenvalue weighted by atomic mass is 10.1. The number of aromatic nitrogens is 2. The number of ether oxygens (including phenoxy) is 1. The van der Waals surface area contributed by atoms with Crippen molar-refractivity contribution in [3.8, 4) is 11.4 Å². The summed E-state index contributed by atoms with van der Waals surface area (Å²) in [5.74, 6) is 0.604. The van der Waals surface area contributed by atoms with Crippen LogP contribution in [0.3, 0.4) is 0 Å². The van der Waals surface area contributed by atoms with E-state index in [1.807, 2.05) is 43.3 Å². The molecule has 0 aliphatic heterocycles. The number of aryl methyl sites for hydroxylation is 2. The van der Waals surface area contributed by atoms with Crippen LogP contribution in [0.5, 0.6) is 0 Å². The molecule has 0 unspecified atom stereocenters. The van der Waals surface area contributed by atoms with Gasteiger partial charge in [-0.3, -0.25) is 4.79 Å². The van der Waals surface area contributed by atoms with Gasteiger partial charge in [-0.25, -0.2) is 0 Å². The second-order valence-electron chi connectivity index (χ2n) is 5.67. The lowest BCUT2D eigenvalue weighted by molar-refractivity contribution is -0.145. The monoisotopic (exact) mass is 356 g/mol. The number of halogens is 1. The number of nitrogens with zero attached hydrogens (tertiary/aromatic N) is 2. The second kappa shape index (κ2) is 7.94. The van der Waals surface area contributed by atoms with E-state index in [1.165, 1.54) is 0 Å². The quantitative estimate of drug-likeness (QED) is 0.613. The minimum absolute atomic E-state index is 0.177. The van der Waals surface area contributed by atoms with Gasteiger partial charge in [-0.1, -0.05) is 58.7 Å². The summed E-state index contributed by atoms with van der Waals surface area (Å²) < 4.78 is 10.4. The van der Waals surface area contributed by atoms with E-state index in [0.29, 0.717) is 23.2 Å². The molecule has 5 nitrogen and oxygen atoms in total. The Bertz CT molecular complexity index is 859. The number of benzene rings is 2. The molecule has 0 N–H and O–H groups in total. The van der Waals surface area contributed by atoms with Crippen molar-refractivity contribution in [2.45, 2.75) is 26.4 Å². The molecule has 128 valence electrons. The molecule has 6 heteroatoms. The number of esters is 1. The van der Waals surface area contributed by atoms with Crippen molar-refractivity contribution < 1.29 is 14.1 Å². The number of carbonyl (C=O) groups excluding carboxylic acids is 1. The summed E-state index contributed by atoms with van der Waals surface area (Å²) >= 11 is 5.89. The molecule has 1 aromatic heterocycles. The van der Waals surface area contributed by atoms with Gasteiger partial charge in [0.25, 0.3) is 0 Å². The van der Waals surface area contributed by atoms with Gasteiger partial charge in [-0.15, -0.1) is 0 Å². The highest BCUT2D eigenvalue weighted by molar-refractivity contribution is 6.30. The highest BCUT2D eigenvalue weighted by Gasteiger charge is 2.11. The smallest absolute Gasteiger partial charge is 0.306 e. The molecule has 0 aliphatic rings. The number of carbonyl (C=O) groups is 1. The van der Waals surface area contributed by atoms with E-state index in [4.69, 9.17) is 20.9 Å². The fourth-order valence-corrected chi connectivity index (χ4v) is 2.46. The Morgan fingerprint density at radius 1 is 1.20 bits per heavy atom. The van der Waals surface area contributed by atoms with Gasteiger partial charge < -0.3 is 9.26 Å². The Balaban J connectivity index is 1.50. The molecule has 0 saturated heterocycles. The van der Waals surface area contributed by atoms with E-state index >= 15 is 0 Å². The number of hydrogen-bond acceptors (Lipinski definition) is 5. The van der Waals surface area contributed by atoms with Crippen LogP contribution < -0.4 is 0 Å². The highest BCUT2D eigenvalue weighted by Crippen LogP contribution is 2.17. The van der Waals surface area contributed by atoms with Crippen molar-refractivity contribution >= 4 is 17.6 Å². The molecule has 0 aliphatic carbocycles. The van der Waals surface area contributed by atoms with Crippen molar-refractivity contribution in [3.63, 3.8) is 0 Å². The second-order valence-corrected chi connectivity index (χ2v) is 6.10. The fraction of sp³-hybridized carbons (Fsp3) is 0.211. The van der Waals surface area contributed by atoms with Crippen LogP contribution in [0.25, 0.3) is 11.4 Å². The summed E-state index contributed by atoms with van der Waals surface area (Å²) in [7, 11) is 0. The Labute approximate surface area is 150 Å². The molecule has 1 heterocycles.